The average molecular weight is 368 g/mol. The number of aromatic carboxylic acids is 1. The molecule has 1 saturated heterocycles. The third-order valence-corrected chi connectivity index (χ3v) is 5.79. The predicted octanol–water partition coefficient (Wildman–Crippen LogP) is 1.28. The molecule has 0 atom stereocenters. The van der Waals surface area contributed by atoms with Crippen LogP contribution < -0.4 is 0 Å². The molecule has 0 bridgehead atoms. The summed E-state index contributed by atoms with van der Waals surface area (Å²) in [5.41, 5.74) is -0.992. The molecule has 0 spiro atoms. The maximum Gasteiger partial charge on any atom is 0.371 e. The van der Waals surface area contributed by atoms with E-state index in [4.69, 9.17) is 9.52 Å². The molecule has 7 nitrogen and oxygen atoms in total. The van der Waals surface area contributed by atoms with Crippen LogP contribution in [0.4, 0.5) is 0 Å². The Kier molecular flexibility index (Phi) is 3.98. The third-order valence-electron chi connectivity index (χ3n) is 3.14. The molecule has 20 heavy (non-hydrogen) atoms. The molecule has 2 N–H and O–H groups in total. The highest BCUT2D eigenvalue weighted by atomic mass is 79.9. The van der Waals surface area contributed by atoms with Crippen molar-refractivity contribution in [3.8, 4) is 0 Å². The second kappa shape index (κ2) is 5.14. The van der Waals surface area contributed by atoms with E-state index in [1.165, 1.54) is 0 Å². The van der Waals surface area contributed by atoms with Gasteiger partial charge in [-0.2, -0.15) is 4.31 Å². The molecule has 0 amide bonds. The predicted molar refractivity (Wildman–Crippen MR) is 72.0 cm³/mol. The molecule has 0 radical (unpaired) electrons. The number of sulfonamides is 1. The second-order valence-electron chi connectivity index (χ2n) is 4.80. The van der Waals surface area contributed by atoms with Crippen LogP contribution in [0.25, 0.3) is 0 Å². The fraction of sp³-hybridized carbons (Fsp3) is 0.545. The average Bonchev–Trinajstić information content (AvgIpc) is 2.69. The van der Waals surface area contributed by atoms with Crippen molar-refractivity contribution in [3.63, 3.8) is 0 Å². The lowest BCUT2D eigenvalue weighted by atomic mass is 9.92. The van der Waals surface area contributed by atoms with E-state index in [1.807, 2.05) is 6.92 Å². The number of hydrogen-bond donors (Lipinski definition) is 2. The first-order valence-electron chi connectivity index (χ1n) is 5.95. The molecular formula is C11H14BrNO6S. The molecule has 1 aliphatic rings. The number of carboxylic acids is 1. The van der Waals surface area contributed by atoms with Crippen LogP contribution in [0.3, 0.4) is 0 Å². The zero-order chi connectivity index (χ0) is 15.1. The molecule has 1 aromatic heterocycles. The van der Waals surface area contributed by atoms with Crippen molar-refractivity contribution < 1.29 is 27.8 Å². The van der Waals surface area contributed by atoms with Crippen LogP contribution in [-0.4, -0.2) is 47.6 Å². The molecule has 0 unspecified atom stereocenters. The first-order chi connectivity index (χ1) is 9.19. The van der Waals surface area contributed by atoms with Gasteiger partial charge in [-0.1, -0.05) is 13.3 Å². The van der Waals surface area contributed by atoms with Crippen molar-refractivity contribution in [2.75, 3.05) is 13.1 Å². The third kappa shape index (κ3) is 2.62. The minimum Gasteiger partial charge on any atom is -0.475 e. The monoisotopic (exact) mass is 367 g/mol. The lowest BCUT2D eigenvalue weighted by Crippen LogP contribution is -2.63. The van der Waals surface area contributed by atoms with Crippen LogP contribution >= 0.6 is 15.9 Å². The maximum atomic E-state index is 12.3. The van der Waals surface area contributed by atoms with E-state index in [1.54, 1.807) is 0 Å². The van der Waals surface area contributed by atoms with Crippen LogP contribution in [0.2, 0.25) is 0 Å². The molecule has 2 heterocycles. The summed E-state index contributed by atoms with van der Waals surface area (Å²) in [7, 11) is -3.87. The van der Waals surface area contributed by atoms with Crippen LogP contribution in [0, 0.1) is 0 Å². The van der Waals surface area contributed by atoms with Gasteiger partial charge in [0, 0.05) is 19.2 Å². The van der Waals surface area contributed by atoms with Gasteiger partial charge in [0.05, 0.1) is 5.60 Å². The number of β-amino-alcohol motifs (C(OH)–C–C–N with tert-alkyl or cyclic N) is 1. The Balaban J connectivity index is 2.23. The number of carboxylic acid groups (broad SMARTS) is 1. The molecule has 0 aromatic carbocycles. The summed E-state index contributed by atoms with van der Waals surface area (Å²) in [4.78, 5) is 10.5. The zero-order valence-corrected chi connectivity index (χ0v) is 13.1. The number of halogens is 1. The van der Waals surface area contributed by atoms with Crippen LogP contribution in [-0.2, 0) is 10.0 Å². The zero-order valence-electron chi connectivity index (χ0n) is 10.7. The highest BCUT2D eigenvalue weighted by molar-refractivity contribution is 9.10. The van der Waals surface area contributed by atoms with E-state index in [2.05, 4.69) is 15.9 Å². The fourth-order valence-corrected chi connectivity index (χ4v) is 4.68. The number of nitrogens with zero attached hydrogens (tertiary/aromatic N) is 1. The minimum atomic E-state index is -3.87. The van der Waals surface area contributed by atoms with E-state index in [9.17, 15) is 18.3 Å². The molecule has 9 heteroatoms. The van der Waals surface area contributed by atoms with Gasteiger partial charge < -0.3 is 14.6 Å². The highest BCUT2D eigenvalue weighted by Crippen LogP contribution is 2.35. The second-order valence-corrected chi connectivity index (χ2v) is 7.43. The molecule has 112 valence electrons. The molecular weight excluding hydrogens is 354 g/mol. The van der Waals surface area contributed by atoms with Crippen LogP contribution in [0.15, 0.2) is 20.0 Å². The van der Waals surface area contributed by atoms with Gasteiger partial charge in [-0.25, -0.2) is 13.2 Å². The van der Waals surface area contributed by atoms with E-state index in [-0.39, 0.29) is 22.7 Å². The molecule has 2 rings (SSSR count). The largest absolute Gasteiger partial charge is 0.475 e. The van der Waals surface area contributed by atoms with Crippen molar-refractivity contribution in [2.24, 2.45) is 0 Å². The molecule has 1 aliphatic heterocycles. The van der Waals surface area contributed by atoms with Gasteiger partial charge in [-0.15, -0.1) is 0 Å². The standard InChI is InChI=1S/C11H14BrNO6S/c1-2-3-11(16)5-13(6-11)20(17,18)8-4-7(10(14)15)19-9(8)12/h4,16H,2-3,5-6H2,1H3,(H,14,15). The fourth-order valence-electron chi connectivity index (χ4n) is 2.18. The summed E-state index contributed by atoms with van der Waals surface area (Å²) in [6.45, 7) is 1.91. The summed E-state index contributed by atoms with van der Waals surface area (Å²) in [6.07, 6.45) is 1.27. The smallest absolute Gasteiger partial charge is 0.371 e. The van der Waals surface area contributed by atoms with Crippen molar-refractivity contribution in [3.05, 3.63) is 16.5 Å². The van der Waals surface area contributed by atoms with E-state index in [0.29, 0.717) is 6.42 Å². The van der Waals surface area contributed by atoms with Crippen molar-refractivity contribution >= 4 is 31.9 Å². The minimum absolute atomic E-state index is 0.00317. The summed E-state index contributed by atoms with van der Waals surface area (Å²) in [5, 5.41) is 18.8. The number of hydrogen-bond acceptors (Lipinski definition) is 5. The molecule has 1 aromatic rings. The topological polar surface area (TPSA) is 108 Å². The summed E-state index contributed by atoms with van der Waals surface area (Å²) in [5.74, 6) is -1.81. The quantitative estimate of drug-likeness (QED) is 0.811. The first kappa shape index (κ1) is 15.5. The van der Waals surface area contributed by atoms with E-state index >= 15 is 0 Å². The van der Waals surface area contributed by atoms with Crippen LogP contribution in [0.5, 0.6) is 0 Å². The Labute approximate surface area is 124 Å². The SMILES string of the molecule is CCCC1(O)CN(S(=O)(=O)c2cc(C(=O)O)oc2Br)C1. The van der Waals surface area contributed by atoms with Gasteiger partial charge in [0.2, 0.25) is 15.8 Å². The molecule has 0 aliphatic carbocycles. The van der Waals surface area contributed by atoms with Gasteiger partial charge in [0.25, 0.3) is 0 Å². The Morgan fingerprint density at radius 2 is 2.15 bits per heavy atom. The Bertz CT molecular complexity index is 631. The van der Waals surface area contributed by atoms with E-state index in [0.717, 1.165) is 16.8 Å². The Morgan fingerprint density at radius 3 is 2.60 bits per heavy atom. The summed E-state index contributed by atoms with van der Waals surface area (Å²) < 4.78 is 30.4. The number of carbonyl (C=O) groups is 1. The lowest BCUT2D eigenvalue weighted by molar-refractivity contribution is -0.0653. The Morgan fingerprint density at radius 1 is 1.55 bits per heavy atom. The van der Waals surface area contributed by atoms with Crippen LogP contribution in [0.1, 0.15) is 30.3 Å². The van der Waals surface area contributed by atoms with Crippen molar-refractivity contribution in [1.29, 1.82) is 0 Å². The van der Waals surface area contributed by atoms with E-state index < -0.39 is 27.4 Å². The number of furan rings is 1. The van der Waals surface area contributed by atoms with Gasteiger partial charge in [0.1, 0.15) is 4.90 Å². The van der Waals surface area contributed by atoms with Gasteiger partial charge in [0.15, 0.2) is 4.67 Å². The summed E-state index contributed by atoms with van der Waals surface area (Å²) >= 11 is 2.90. The highest BCUT2D eigenvalue weighted by Gasteiger charge is 2.47. The van der Waals surface area contributed by atoms with Gasteiger partial charge in [-0.3, -0.25) is 0 Å². The summed E-state index contributed by atoms with van der Waals surface area (Å²) in [6, 6.07) is 0.957. The number of rotatable bonds is 5. The molecule has 1 fully saturated rings. The van der Waals surface area contributed by atoms with Gasteiger partial charge >= 0.3 is 5.97 Å². The first-order valence-corrected chi connectivity index (χ1v) is 8.18. The lowest BCUT2D eigenvalue weighted by Gasteiger charge is -2.45. The normalized spacial score (nSPS) is 18.8. The molecule has 0 saturated carbocycles. The maximum absolute atomic E-state index is 12.3. The van der Waals surface area contributed by atoms with Crippen molar-refractivity contribution in [1.82, 2.24) is 4.31 Å². The van der Waals surface area contributed by atoms with Gasteiger partial charge in [-0.05, 0) is 22.4 Å². The Hall–Kier alpha value is -0.900. The number of aliphatic hydroxyl groups is 1. The van der Waals surface area contributed by atoms with Crippen molar-refractivity contribution in [2.45, 2.75) is 30.3 Å².